The molecule has 1 saturated heterocycles. The van der Waals surface area contributed by atoms with E-state index in [4.69, 9.17) is 4.42 Å². The molecule has 8 nitrogen and oxygen atoms in total. The highest BCUT2D eigenvalue weighted by Gasteiger charge is 2.48. The van der Waals surface area contributed by atoms with Crippen molar-refractivity contribution < 1.29 is 24.1 Å². The van der Waals surface area contributed by atoms with Gasteiger partial charge in [0.05, 0.1) is 6.26 Å². The molecule has 1 aromatic carbocycles. The molecule has 0 saturated carbocycles. The molecule has 3 rings (SSSR count). The third-order valence-electron chi connectivity index (χ3n) is 4.90. The van der Waals surface area contributed by atoms with E-state index in [0.717, 1.165) is 16.3 Å². The first kappa shape index (κ1) is 19.6. The van der Waals surface area contributed by atoms with Crippen LogP contribution in [0.5, 0.6) is 0 Å². The van der Waals surface area contributed by atoms with Gasteiger partial charge in [-0.3, -0.25) is 15.0 Å². The normalized spacial score (nSPS) is 20.1. The Hall–Kier alpha value is -3.13. The Labute approximate surface area is 163 Å². The third kappa shape index (κ3) is 4.40. The van der Waals surface area contributed by atoms with E-state index in [1.807, 2.05) is 43.3 Å². The summed E-state index contributed by atoms with van der Waals surface area (Å²) in [4.78, 5) is 37.2. The van der Waals surface area contributed by atoms with Crippen LogP contribution in [-0.2, 0) is 16.0 Å². The molecule has 0 bridgehead atoms. The molecule has 148 valence electrons. The van der Waals surface area contributed by atoms with Crippen LogP contribution in [0.3, 0.4) is 0 Å². The van der Waals surface area contributed by atoms with Crippen molar-refractivity contribution in [1.29, 1.82) is 0 Å². The van der Waals surface area contributed by atoms with Crippen molar-refractivity contribution in [1.82, 2.24) is 15.8 Å². The second kappa shape index (κ2) is 8.26. The van der Waals surface area contributed by atoms with E-state index >= 15 is 0 Å². The summed E-state index contributed by atoms with van der Waals surface area (Å²) in [5.41, 5.74) is 2.43. The average Bonchev–Trinajstić information content (AvgIpc) is 3.29. The maximum Gasteiger partial charge on any atom is 0.344 e. The monoisotopic (exact) mass is 385 g/mol. The fourth-order valence-electron chi connectivity index (χ4n) is 3.12. The Balaban J connectivity index is 1.53. The number of hydrogen-bond donors (Lipinski definition) is 3. The maximum absolute atomic E-state index is 12.7. The Kier molecular flexibility index (Phi) is 5.79. The molecule has 0 aliphatic carbocycles. The van der Waals surface area contributed by atoms with Crippen LogP contribution < -0.4 is 16.1 Å². The van der Waals surface area contributed by atoms with Gasteiger partial charge >= 0.3 is 6.03 Å². The number of hydrazine groups is 1. The molecule has 1 aliphatic heterocycles. The predicted molar refractivity (Wildman–Crippen MR) is 101 cm³/mol. The fraction of sp³-hybridized carbons (Fsp3) is 0.350. The number of urea groups is 1. The van der Waals surface area contributed by atoms with Crippen molar-refractivity contribution in [2.45, 2.75) is 38.3 Å². The second-order valence-corrected chi connectivity index (χ2v) is 7.17. The van der Waals surface area contributed by atoms with Crippen LogP contribution in [0, 0.1) is 0 Å². The van der Waals surface area contributed by atoms with Gasteiger partial charge in [-0.25, -0.2) is 4.79 Å². The summed E-state index contributed by atoms with van der Waals surface area (Å²) < 4.78 is 5.29. The van der Waals surface area contributed by atoms with Crippen molar-refractivity contribution in [2.75, 3.05) is 6.54 Å². The summed E-state index contributed by atoms with van der Waals surface area (Å²) in [6, 6.07) is 12.7. The molecular formula is C20H25N4O4+. The van der Waals surface area contributed by atoms with E-state index in [9.17, 15) is 14.4 Å². The number of quaternary nitrogens is 1. The standard InChI is InChI=1S/C20H24N4O4/c1-14(16-9-6-12-28-16)21-13-17(25)23-24-18(26)20(2,22-19(24)27)11-10-15-7-4-3-5-8-15/h3-9,12,14,21H,10-11,13H2,1-2H3,(H,22,27)(H,23,25)/p+1/t14-,20+/m1/s1. The number of nitrogens with one attached hydrogen (secondary N) is 2. The van der Waals surface area contributed by atoms with Gasteiger partial charge in [0, 0.05) is 0 Å². The van der Waals surface area contributed by atoms with Gasteiger partial charge in [0.25, 0.3) is 11.8 Å². The van der Waals surface area contributed by atoms with Gasteiger partial charge in [0.15, 0.2) is 12.3 Å². The molecule has 8 heteroatoms. The van der Waals surface area contributed by atoms with Crippen molar-refractivity contribution >= 4 is 17.8 Å². The lowest BCUT2D eigenvalue weighted by Gasteiger charge is -2.21. The highest BCUT2D eigenvalue weighted by atomic mass is 16.3. The number of nitrogens with zero attached hydrogens (tertiary/aromatic N) is 1. The number of carbonyl (C=O) groups is 3. The smallest absolute Gasteiger partial charge is 0.344 e. The van der Waals surface area contributed by atoms with E-state index in [1.165, 1.54) is 0 Å². The van der Waals surface area contributed by atoms with Gasteiger partial charge in [-0.05, 0) is 44.4 Å². The SMILES string of the molecule is C[C@@H]([NH2+]CC(=O)NN1C(=O)N[C@@](C)(CCc2ccccc2)C1=O)c1ccco1. The highest BCUT2D eigenvalue weighted by Crippen LogP contribution is 2.22. The zero-order chi connectivity index (χ0) is 20.1. The largest absolute Gasteiger partial charge is 0.463 e. The van der Waals surface area contributed by atoms with Crippen LogP contribution in [0.1, 0.15) is 37.6 Å². The third-order valence-corrected chi connectivity index (χ3v) is 4.90. The number of nitrogens with two attached hydrogens (primary N) is 1. The first-order chi connectivity index (χ1) is 13.4. The first-order valence-corrected chi connectivity index (χ1v) is 9.26. The minimum Gasteiger partial charge on any atom is -0.463 e. The van der Waals surface area contributed by atoms with Crippen molar-refractivity contribution in [2.24, 2.45) is 0 Å². The number of rotatable bonds is 8. The van der Waals surface area contributed by atoms with Gasteiger partial charge in [0.1, 0.15) is 11.6 Å². The molecule has 1 aromatic heterocycles. The van der Waals surface area contributed by atoms with E-state index in [-0.39, 0.29) is 12.6 Å². The molecular weight excluding hydrogens is 360 g/mol. The molecule has 1 aliphatic rings. The zero-order valence-corrected chi connectivity index (χ0v) is 16.0. The summed E-state index contributed by atoms with van der Waals surface area (Å²) in [6.45, 7) is 3.63. The summed E-state index contributed by atoms with van der Waals surface area (Å²) in [5, 5.41) is 5.23. The van der Waals surface area contributed by atoms with Gasteiger partial charge in [0.2, 0.25) is 0 Å². The molecule has 1 fully saturated rings. The predicted octanol–water partition coefficient (Wildman–Crippen LogP) is 0.879. The van der Waals surface area contributed by atoms with E-state index in [0.29, 0.717) is 12.8 Å². The minimum atomic E-state index is -1.05. The van der Waals surface area contributed by atoms with Crippen molar-refractivity contribution in [3.63, 3.8) is 0 Å². The van der Waals surface area contributed by atoms with Gasteiger partial charge in [-0.2, -0.15) is 5.01 Å². The van der Waals surface area contributed by atoms with Gasteiger partial charge in [-0.15, -0.1) is 0 Å². The molecule has 4 amide bonds. The number of carbonyl (C=O) groups excluding carboxylic acids is 3. The average molecular weight is 385 g/mol. The summed E-state index contributed by atoms with van der Waals surface area (Å²) in [6.07, 6.45) is 2.65. The van der Waals surface area contributed by atoms with E-state index in [1.54, 1.807) is 24.6 Å². The Morgan fingerprint density at radius 1 is 1.25 bits per heavy atom. The molecule has 2 aromatic rings. The minimum absolute atomic E-state index is 0.0552. The van der Waals surface area contributed by atoms with Crippen LogP contribution in [0.2, 0.25) is 0 Å². The Morgan fingerprint density at radius 3 is 2.68 bits per heavy atom. The van der Waals surface area contributed by atoms with E-state index < -0.39 is 23.4 Å². The van der Waals surface area contributed by atoms with Crippen molar-refractivity contribution in [3.8, 4) is 0 Å². The highest BCUT2D eigenvalue weighted by molar-refractivity contribution is 6.07. The molecule has 2 atom stereocenters. The molecule has 0 spiro atoms. The molecule has 2 heterocycles. The van der Waals surface area contributed by atoms with E-state index in [2.05, 4.69) is 10.7 Å². The van der Waals surface area contributed by atoms with Gasteiger partial charge in [-0.1, -0.05) is 30.3 Å². The lowest BCUT2D eigenvalue weighted by Crippen LogP contribution is -2.87. The first-order valence-electron chi connectivity index (χ1n) is 9.26. The number of amides is 4. The Morgan fingerprint density at radius 2 is 2.00 bits per heavy atom. The quantitative estimate of drug-likeness (QED) is 0.586. The fourth-order valence-corrected chi connectivity index (χ4v) is 3.12. The summed E-state index contributed by atoms with van der Waals surface area (Å²) >= 11 is 0. The molecule has 0 unspecified atom stereocenters. The molecule has 4 N–H and O–H groups in total. The summed E-state index contributed by atoms with van der Waals surface area (Å²) in [5.74, 6) is -0.147. The van der Waals surface area contributed by atoms with Crippen LogP contribution in [-0.4, -0.2) is 34.9 Å². The van der Waals surface area contributed by atoms with Gasteiger partial charge < -0.3 is 15.1 Å². The number of aryl methyl sites for hydroxylation is 1. The van der Waals surface area contributed by atoms with Crippen LogP contribution in [0.25, 0.3) is 0 Å². The lowest BCUT2D eigenvalue weighted by molar-refractivity contribution is -0.684. The van der Waals surface area contributed by atoms with Crippen LogP contribution in [0.15, 0.2) is 53.1 Å². The molecule has 0 radical (unpaired) electrons. The zero-order valence-electron chi connectivity index (χ0n) is 16.0. The number of benzene rings is 1. The van der Waals surface area contributed by atoms with Crippen LogP contribution in [0.4, 0.5) is 4.79 Å². The lowest BCUT2D eigenvalue weighted by atomic mass is 9.93. The van der Waals surface area contributed by atoms with Crippen LogP contribution >= 0.6 is 0 Å². The van der Waals surface area contributed by atoms with Crippen molar-refractivity contribution in [3.05, 3.63) is 60.1 Å². The number of hydrogen-bond acceptors (Lipinski definition) is 4. The Bertz CT molecular complexity index is 837. The summed E-state index contributed by atoms with van der Waals surface area (Å²) in [7, 11) is 0. The second-order valence-electron chi connectivity index (χ2n) is 7.17. The topological polar surface area (TPSA) is 108 Å². The molecule has 28 heavy (non-hydrogen) atoms. The maximum atomic E-state index is 12.7. The number of furan rings is 1. The number of imide groups is 1.